The molecule has 8 rings (SSSR count). The van der Waals surface area contributed by atoms with Gasteiger partial charge in [0.1, 0.15) is 49.3 Å². The minimum Gasteiger partial charge on any atom is -0.394 e. The first-order valence-electron chi connectivity index (χ1n) is 17.8. The topological polar surface area (TPSA) is 251 Å². The predicted octanol–water partition coefficient (Wildman–Crippen LogP) is 1.90. The first kappa shape index (κ1) is 40.7. The summed E-state index contributed by atoms with van der Waals surface area (Å²) in [5.41, 5.74) is 3.20. The fourth-order valence-corrected chi connectivity index (χ4v) is 6.61. The van der Waals surface area contributed by atoms with Gasteiger partial charge in [0.25, 0.3) is 0 Å². The molecule has 54 heavy (non-hydrogen) atoms. The molecule has 18 nitrogen and oxygen atoms in total. The number of nitrogens with zero attached hydrogens (tertiary/aromatic N) is 8. The largest absolute Gasteiger partial charge is 0.394 e. The van der Waals surface area contributed by atoms with E-state index in [2.05, 4.69) is 58.8 Å². The van der Waals surface area contributed by atoms with Crippen LogP contribution in [0.15, 0.2) is 66.6 Å². The summed E-state index contributed by atoms with van der Waals surface area (Å²) in [7, 11) is 0. The highest BCUT2D eigenvalue weighted by Crippen LogP contribution is 2.33. The zero-order valence-corrected chi connectivity index (χ0v) is 31.2. The Labute approximate surface area is 315 Å². The minimum absolute atomic E-state index is 0.383. The van der Waals surface area contributed by atoms with E-state index in [1.54, 1.807) is 15.9 Å². The maximum atomic E-state index is 10.2. The maximum absolute atomic E-state index is 10.2. The molecule has 1 aliphatic carbocycles. The normalized spacial score (nSPS) is 25.7. The second-order valence-corrected chi connectivity index (χ2v) is 12.8. The first-order valence-corrected chi connectivity index (χ1v) is 18.7. The average Bonchev–Trinajstić information content (AvgIpc) is 4.08. The number of fused-ring (bicyclic) bond motifs is 2. The Hall–Kier alpha value is -4.44. The molecule has 0 amide bonds. The molecule has 2 fully saturated rings. The van der Waals surface area contributed by atoms with Crippen molar-refractivity contribution >= 4 is 45.3 Å². The van der Waals surface area contributed by atoms with E-state index in [4.69, 9.17) is 9.47 Å². The van der Waals surface area contributed by atoms with Gasteiger partial charge in [-0.3, -0.25) is 9.13 Å². The van der Waals surface area contributed by atoms with E-state index in [0.717, 1.165) is 11.3 Å². The second kappa shape index (κ2) is 19.2. The van der Waals surface area contributed by atoms with Crippen molar-refractivity contribution < 1.29 is 40.1 Å². The van der Waals surface area contributed by atoms with Crippen molar-refractivity contribution in [3.05, 3.63) is 71.5 Å². The van der Waals surface area contributed by atoms with Gasteiger partial charge in [0.2, 0.25) is 0 Å². The Balaban J connectivity index is 0.000000190. The molecule has 5 aromatic rings. The molecule has 0 bridgehead atoms. The Morgan fingerprint density at radius 3 is 1.67 bits per heavy atom. The van der Waals surface area contributed by atoms with Crippen LogP contribution in [0.5, 0.6) is 0 Å². The molecule has 2 unspecified atom stereocenters. The van der Waals surface area contributed by atoms with Gasteiger partial charge in [-0.15, -0.1) is 11.3 Å². The first-order chi connectivity index (χ1) is 26.4. The van der Waals surface area contributed by atoms with Crippen LogP contribution in [-0.2, 0) is 16.0 Å². The van der Waals surface area contributed by atoms with Crippen LogP contribution >= 0.6 is 11.3 Å². The lowest BCUT2D eigenvalue weighted by molar-refractivity contribution is -0.0511. The van der Waals surface area contributed by atoms with Crippen LogP contribution in [0.2, 0.25) is 0 Å². The molecule has 0 saturated carbocycles. The third kappa shape index (κ3) is 8.59. The Morgan fingerprint density at radius 1 is 0.722 bits per heavy atom. The van der Waals surface area contributed by atoms with Crippen molar-refractivity contribution in [3.63, 3.8) is 0 Å². The maximum Gasteiger partial charge on any atom is 0.167 e. The monoisotopic (exact) mass is 768 g/mol. The number of thiophene rings is 1. The summed E-state index contributed by atoms with van der Waals surface area (Å²) < 4.78 is 14.2. The summed E-state index contributed by atoms with van der Waals surface area (Å²) in [6, 6.07) is 4.00. The number of hydrogen-bond acceptors (Lipinski definition) is 17. The summed E-state index contributed by atoms with van der Waals surface area (Å²) in [6.07, 6.45) is 4.81. The number of nitrogens with one attached hydrogen (secondary N) is 2. The third-order valence-corrected chi connectivity index (χ3v) is 9.49. The van der Waals surface area contributed by atoms with E-state index in [-0.39, 0.29) is 13.2 Å². The van der Waals surface area contributed by atoms with Crippen molar-refractivity contribution in [1.82, 2.24) is 39.0 Å². The molecule has 3 aliphatic rings. The number of ether oxygens (including phenoxy) is 2. The molecule has 7 heterocycles. The van der Waals surface area contributed by atoms with Crippen molar-refractivity contribution in [2.45, 2.75) is 89.7 Å². The van der Waals surface area contributed by atoms with Gasteiger partial charge in [-0.25, -0.2) is 29.9 Å². The zero-order chi connectivity index (χ0) is 38.8. The molecule has 8 atom stereocenters. The molecule has 0 radical (unpaired) electrons. The molecule has 292 valence electrons. The Bertz CT molecular complexity index is 1970. The van der Waals surface area contributed by atoms with Crippen molar-refractivity contribution in [3.8, 4) is 0 Å². The highest BCUT2D eigenvalue weighted by atomic mass is 32.1. The van der Waals surface area contributed by atoms with E-state index >= 15 is 0 Å². The predicted molar refractivity (Wildman–Crippen MR) is 201 cm³/mol. The second-order valence-electron chi connectivity index (χ2n) is 11.8. The molecule has 0 aromatic carbocycles. The van der Waals surface area contributed by atoms with Gasteiger partial charge < -0.3 is 50.7 Å². The fourth-order valence-electron chi connectivity index (χ4n) is 5.96. The van der Waals surface area contributed by atoms with Crippen LogP contribution in [-0.4, -0.2) is 126 Å². The number of rotatable bonds is 10. The standard InChI is InChI=1S/C16H19N5O4.C15H17N5O4S.2C2H6/c22-6-10-12(23)13(24)16(25-10)21-8-20-11-14(18-7-19-15(11)21)17-5-9-3-1-2-4-9;21-5-9-11(22)12(23)15(24-9)20-7-19-10-13(17-6-18-14(10)20)16-4-8-2-1-3-25-8;2*1-2/h1,3-4,7-8,10,12-13,16,22-24H,2,5-6H2,(H,17,18,19);1-3,6-7,9,11-12,15,21-23H,4-5H2,(H,16,17,18);2*1-2H3/t10-,12+,13?,16-;9-,11+,12?,15-;;/m11../s1. The van der Waals surface area contributed by atoms with Crippen molar-refractivity contribution in [2.24, 2.45) is 0 Å². The number of hydrogen-bond donors (Lipinski definition) is 8. The number of aliphatic hydroxyl groups is 6. The van der Waals surface area contributed by atoms with Gasteiger partial charge >= 0.3 is 0 Å². The third-order valence-electron chi connectivity index (χ3n) is 8.62. The lowest BCUT2D eigenvalue weighted by Crippen LogP contribution is -2.33. The number of aliphatic hydroxyl groups excluding tert-OH is 6. The molecular formula is C35H48N10O8S. The number of anilines is 2. The summed E-state index contributed by atoms with van der Waals surface area (Å²) in [6.45, 7) is 8.48. The Morgan fingerprint density at radius 2 is 1.24 bits per heavy atom. The Kier molecular flexibility index (Phi) is 14.5. The summed E-state index contributed by atoms with van der Waals surface area (Å²) in [5, 5.41) is 67.2. The minimum atomic E-state index is -1.19. The molecule has 0 spiro atoms. The quantitative estimate of drug-likeness (QED) is 0.101. The lowest BCUT2D eigenvalue weighted by atomic mass is 10.1. The summed E-state index contributed by atoms with van der Waals surface area (Å²) in [4.78, 5) is 26.7. The van der Waals surface area contributed by atoms with Crippen molar-refractivity contribution in [1.29, 1.82) is 0 Å². The van der Waals surface area contributed by atoms with Crippen LogP contribution in [0, 0.1) is 0 Å². The molecule has 2 saturated heterocycles. The van der Waals surface area contributed by atoms with Crippen LogP contribution < -0.4 is 10.6 Å². The summed E-state index contributed by atoms with van der Waals surface area (Å²) >= 11 is 1.64. The number of aromatic nitrogens is 8. The van der Waals surface area contributed by atoms with Gasteiger partial charge in [0.05, 0.1) is 32.4 Å². The number of imidazole rings is 2. The van der Waals surface area contributed by atoms with Crippen LogP contribution in [0.25, 0.3) is 22.3 Å². The lowest BCUT2D eigenvalue weighted by Gasteiger charge is -2.16. The van der Waals surface area contributed by atoms with E-state index in [9.17, 15) is 30.6 Å². The van der Waals surface area contributed by atoms with Gasteiger partial charge in [0.15, 0.2) is 46.4 Å². The van der Waals surface area contributed by atoms with Gasteiger partial charge in [0, 0.05) is 11.4 Å². The average molecular weight is 769 g/mol. The van der Waals surface area contributed by atoms with E-state index in [1.165, 1.54) is 35.4 Å². The fraction of sp³-hybridized carbons (Fsp3) is 0.486. The summed E-state index contributed by atoms with van der Waals surface area (Å²) in [5.74, 6) is 1.15. The van der Waals surface area contributed by atoms with Gasteiger partial charge in [-0.1, -0.05) is 52.0 Å². The van der Waals surface area contributed by atoms with E-state index < -0.39 is 49.1 Å². The van der Waals surface area contributed by atoms with Gasteiger partial charge in [-0.2, -0.15) is 0 Å². The molecule has 19 heteroatoms. The smallest absolute Gasteiger partial charge is 0.167 e. The molecular weight excluding hydrogens is 721 g/mol. The van der Waals surface area contributed by atoms with E-state index in [1.807, 2.05) is 45.2 Å². The van der Waals surface area contributed by atoms with Crippen LogP contribution in [0.3, 0.4) is 0 Å². The SMILES string of the molecule is CC.CC.OC[C@H]1O[C@@H](n2cnc3c(NCC4=CCC=C4)ncnc32)C(O)[C@H]1O.OC[C@H]1O[C@@H](n2cnc3c(NCc4cccs4)ncnc32)C(O)[C@H]1O. The van der Waals surface area contributed by atoms with Crippen LogP contribution in [0.1, 0.15) is 51.4 Å². The van der Waals surface area contributed by atoms with Gasteiger partial charge in [-0.05, 0) is 23.4 Å². The highest BCUT2D eigenvalue weighted by molar-refractivity contribution is 7.09. The molecule has 5 aromatic heterocycles. The number of allylic oxidation sites excluding steroid dienone is 2. The molecule has 8 N–H and O–H groups in total. The zero-order valence-electron chi connectivity index (χ0n) is 30.4. The van der Waals surface area contributed by atoms with E-state index in [0.29, 0.717) is 47.1 Å². The van der Waals surface area contributed by atoms with Crippen molar-refractivity contribution in [2.75, 3.05) is 30.4 Å². The van der Waals surface area contributed by atoms with Crippen LogP contribution in [0.4, 0.5) is 11.6 Å². The molecule has 2 aliphatic heterocycles. The highest BCUT2D eigenvalue weighted by Gasteiger charge is 2.45.